The zero-order valence-corrected chi connectivity index (χ0v) is 10.0. The normalized spacial score (nSPS) is 20.1. The van der Waals surface area contributed by atoms with Gasteiger partial charge in [-0.15, -0.1) is 0 Å². The smallest absolute Gasteiger partial charge is 0.135 e. The van der Waals surface area contributed by atoms with Crippen molar-refractivity contribution in [3.63, 3.8) is 0 Å². The van der Waals surface area contributed by atoms with Crippen LogP contribution in [0.15, 0.2) is 30.3 Å². The Kier molecular flexibility index (Phi) is 4.71. The van der Waals surface area contributed by atoms with Crippen molar-refractivity contribution in [3.05, 3.63) is 35.9 Å². The van der Waals surface area contributed by atoms with E-state index in [1.54, 1.807) is 0 Å². The number of benzene rings is 1. The molecule has 0 saturated carbocycles. The number of morpholine rings is 1. The van der Waals surface area contributed by atoms with Crippen LogP contribution >= 0.6 is 0 Å². The maximum Gasteiger partial charge on any atom is 0.135 e. The lowest BCUT2D eigenvalue weighted by atomic mass is 10.0. The van der Waals surface area contributed by atoms with Crippen molar-refractivity contribution >= 4 is 5.78 Å². The Morgan fingerprint density at radius 2 is 2.18 bits per heavy atom. The summed E-state index contributed by atoms with van der Waals surface area (Å²) in [6.07, 6.45) is 2.07. The van der Waals surface area contributed by atoms with Crippen LogP contribution in [0.25, 0.3) is 0 Å². The topological polar surface area (TPSA) is 38.3 Å². The first-order valence-electron chi connectivity index (χ1n) is 6.22. The Labute approximate surface area is 102 Å². The van der Waals surface area contributed by atoms with Gasteiger partial charge < -0.3 is 10.1 Å². The number of aryl methyl sites for hydroxylation is 1. The maximum absolute atomic E-state index is 11.8. The molecule has 1 fully saturated rings. The fraction of sp³-hybridized carbons (Fsp3) is 0.500. The van der Waals surface area contributed by atoms with Gasteiger partial charge in [0.05, 0.1) is 12.7 Å². The van der Waals surface area contributed by atoms with Crippen LogP contribution in [-0.2, 0) is 16.0 Å². The number of ketones is 1. The molecule has 0 radical (unpaired) electrons. The first kappa shape index (κ1) is 12.3. The third-order valence-corrected chi connectivity index (χ3v) is 3.00. The molecule has 3 heteroatoms. The van der Waals surface area contributed by atoms with Gasteiger partial charge in [0.25, 0.3) is 0 Å². The molecule has 2 rings (SSSR count). The van der Waals surface area contributed by atoms with Gasteiger partial charge in [0.2, 0.25) is 0 Å². The van der Waals surface area contributed by atoms with E-state index < -0.39 is 0 Å². The van der Waals surface area contributed by atoms with Crippen molar-refractivity contribution in [2.75, 3.05) is 19.7 Å². The van der Waals surface area contributed by atoms with Crippen LogP contribution in [-0.4, -0.2) is 31.6 Å². The number of hydrogen-bond acceptors (Lipinski definition) is 3. The minimum Gasteiger partial charge on any atom is -0.375 e. The predicted molar refractivity (Wildman–Crippen MR) is 67.0 cm³/mol. The number of Topliss-reactive ketones (excluding diaryl/α,β-unsaturated/α-hetero) is 1. The Hall–Kier alpha value is -1.19. The third-order valence-electron chi connectivity index (χ3n) is 3.00. The summed E-state index contributed by atoms with van der Waals surface area (Å²) in [7, 11) is 0. The van der Waals surface area contributed by atoms with Gasteiger partial charge in [-0.1, -0.05) is 30.3 Å². The molecule has 1 aromatic rings. The quantitative estimate of drug-likeness (QED) is 0.839. The lowest BCUT2D eigenvalue weighted by Gasteiger charge is -2.22. The minimum atomic E-state index is 0.0759. The van der Waals surface area contributed by atoms with Gasteiger partial charge in [0.1, 0.15) is 5.78 Å². The van der Waals surface area contributed by atoms with E-state index in [9.17, 15) is 4.79 Å². The van der Waals surface area contributed by atoms with Crippen LogP contribution < -0.4 is 5.32 Å². The van der Waals surface area contributed by atoms with E-state index in [0.717, 1.165) is 26.1 Å². The summed E-state index contributed by atoms with van der Waals surface area (Å²) in [5, 5.41) is 3.24. The largest absolute Gasteiger partial charge is 0.375 e. The van der Waals surface area contributed by atoms with E-state index in [0.29, 0.717) is 18.6 Å². The average molecular weight is 233 g/mol. The Morgan fingerprint density at radius 3 is 2.88 bits per heavy atom. The molecule has 1 unspecified atom stereocenters. The fourth-order valence-electron chi connectivity index (χ4n) is 2.04. The van der Waals surface area contributed by atoms with Gasteiger partial charge in [0, 0.05) is 25.9 Å². The highest BCUT2D eigenvalue weighted by Crippen LogP contribution is 2.08. The summed E-state index contributed by atoms with van der Waals surface area (Å²) >= 11 is 0. The molecule has 0 amide bonds. The van der Waals surface area contributed by atoms with Crippen LogP contribution in [0, 0.1) is 0 Å². The van der Waals surface area contributed by atoms with Crippen molar-refractivity contribution in [3.8, 4) is 0 Å². The van der Waals surface area contributed by atoms with Gasteiger partial charge in [-0.05, 0) is 12.0 Å². The average Bonchev–Trinajstić information content (AvgIpc) is 2.39. The van der Waals surface area contributed by atoms with Crippen LogP contribution in [0.3, 0.4) is 0 Å². The van der Waals surface area contributed by atoms with Gasteiger partial charge in [0.15, 0.2) is 0 Å². The lowest BCUT2D eigenvalue weighted by molar-refractivity contribution is -0.122. The van der Waals surface area contributed by atoms with Crippen LogP contribution in [0.2, 0.25) is 0 Å². The Balaban J connectivity index is 1.70. The molecule has 0 aromatic heterocycles. The van der Waals surface area contributed by atoms with Crippen molar-refractivity contribution in [2.45, 2.75) is 25.4 Å². The van der Waals surface area contributed by atoms with Crippen LogP contribution in [0.5, 0.6) is 0 Å². The second-order valence-corrected chi connectivity index (χ2v) is 4.43. The molecule has 0 aliphatic carbocycles. The summed E-state index contributed by atoms with van der Waals surface area (Å²) in [6.45, 7) is 2.42. The summed E-state index contributed by atoms with van der Waals surface area (Å²) in [4.78, 5) is 11.8. The van der Waals surface area contributed by atoms with Crippen LogP contribution in [0.1, 0.15) is 18.4 Å². The second-order valence-electron chi connectivity index (χ2n) is 4.43. The van der Waals surface area contributed by atoms with E-state index in [-0.39, 0.29) is 6.10 Å². The maximum atomic E-state index is 11.8. The monoisotopic (exact) mass is 233 g/mol. The summed E-state index contributed by atoms with van der Waals surface area (Å²) in [6, 6.07) is 10.1. The Bertz CT molecular complexity index is 344. The molecule has 92 valence electrons. The van der Waals surface area contributed by atoms with Gasteiger partial charge >= 0.3 is 0 Å². The highest BCUT2D eigenvalue weighted by molar-refractivity contribution is 5.79. The standard InChI is InChI=1S/C14H19NO2/c16-13(10-14-11-15-8-9-17-14)7-6-12-4-2-1-3-5-12/h1-5,14-15H,6-11H2. The summed E-state index contributed by atoms with van der Waals surface area (Å²) < 4.78 is 5.52. The van der Waals surface area contributed by atoms with Crippen molar-refractivity contribution in [1.82, 2.24) is 5.32 Å². The predicted octanol–water partition coefficient (Wildman–Crippen LogP) is 1.57. The van der Waals surface area contributed by atoms with E-state index in [4.69, 9.17) is 4.74 Å². The highest BCUT2D eigenvalue weighted by Gasteiger charge is 2.16. The molecule has 17 heavy (non-hydrogen) atoms. The first-order chi connectivity index (χ1) is 8.34. The van der Waals surface area contributed by atoms with E-state index >= 15 is 0 Å². The Morgan fingerprint density at radius 1 is 1.35 bits per heavy atom. The number of carbonyl (C=O) groups excluding carboxylic acids is 1. The molecule has 3 nitrogen and oxygen atoms in total. The van der Waals surface area contributed by atoms with Gasteiger partial charge in [-0.25, -0.2) is 0 Å². The molecular weight excluding hydrogens is 214 g/mol. The summed E-state index contributed by atoms with van der Waals surface area (Å²) in [5.41, 5.74) is 1.23. The zero-order chi connectivity index (χ0) is 11.9. The molecule has 1 atom stereocenters. The lowest BCUT2D eigenvalue weighted by Crippen LogP contribution is -2.39. The minimum absolute atomic E-state index is 0.0759. The van der Waals surface area contributed by atoms with Gasteiger partial charge in [-0.2, -0.15) is 0 Å². The SMILES string of the molecule is O=C(CCc1ccccc1)CC1CNCCO1. The molecule has 0 spiro atoms. The molecule has 1 aliphatic heterocycles. The van der Waals surface area contributed by atoms with Gasteiger partial charge in [-0.3, -0.25) is 4.79 Å². The molecular formula is C14H19NO2. The molecule has 1 heterocycles. The number of ether oxygens (including phenoxy) is 1. The molecule has 1 saturated heterocycles. The molecule has 1 aliphatic rings. The third kappa shape index (κ3) is 4.29. The van der Waals surface area contributed by atoms with E-state index in [1.165, 1.54) is 5.56 Å². The molecule has 1 N–H and O–H groups in total. The number of carbonyl (C=O) groups is 1. The van der Waals surface area contributed by atoms with Crippen molar-refractivity contribution in [2.24, 2.45) is 0 Å². The zero-order valence-electron chi connectivity index (χ0n) is 10.0. The molecule has 0 bridgehead atoms. The van der Waals surface area contributed by atoms with Crippen LogP contribution in [0.4, 0.5) is 0 Å². The second kappa shape index (κ2) is 6.52. The van der Waals surface area contributed by atoms with E-state index in [1.807, 2.05) is 18.2 Å². The number of hydrogen-bond donors (Lipinski definition) is 1. The fourth-order valence-corrected chi connectivity index (χ4v) is 2.04. The molecule has 1 aromatic carbocycles. The highest BCUT2D eigenvalue weighted by atomic mass is 16.5. The van der Waals surface area contributed by atoms with E-state index in [2.05, 4.69) is 17.4 Å². The number of nitrogens with one attached hydrogen (secondary N) is 1. The number of rotatable bonds is 5. The van der Waals surface area contributed by atoms with Crippen molar-refractivity contribution in [1.29, 1.82) is 0 Å². The first-order valence-corrected chi connectivity index (χ1v) is 6.22. The van der Waals surface area contributed by atoms with Crippen molar-refractivity contribution < 1.29 is 9.53 Å². The summed E-state index contributed by atoms with van der Waals surface area (Å²) in [5.74, 6) is 0.294.